The van der Waals surface area contributed by atoms with Crippen molar-refractivity contribution < 1.29 is 55.4 Å². The van der Waals surface area contributed by atoms with Crippen molar-refractivity contribution in [3.8, 4) is 0 Å². The zero-order valence-corrected chi connectivity index (χ0v) is 24.3. The summed E-state index contributed by atoms with van der Waals surface area (Å²) in [6.45, 7) is 12.5. The van der Waals surface area contributed by atoms with Crippen molar-refractivity contribution in [1.82, 2.24) is 0 Å². The standard InChI is InChI=1S/2C9H15O3.2C3H7O.Zr/c2*1-5-9(2,3)7(10)6-8(11)12-4;2*1-2-3-4;/h2*1,5-6H2,2-4H3;2*2-3H2,1H3;/q;;2*-1;+2. The van der Waals surface area contributed by atoms with Crippen LogP contribution < -0.4 is 0 Å². The maximum absolute atomic E-state index is 12.7. The summed E-state index contributed by atoms with van der Waals surface area (Å²) in [6, 6.07) is 0. The van der Waals surface area contributed by atoms with Gasteiger partial charge < -0.3 is 0 Å². The van der Waals surface area contributed by atoms with Gasteiger partial charge in [-0.25, -0.2) is 0 Å². The molecule has 192 valence electrons. The zero-order chi connectivity index (χ0) is 25.7. The number of hydrogen-bond donors (Lipinski definition) is 0. The molecular weight excluding hydrogens is 507 g/mol. The van der Waals surface area contributed by atoms with Gasteiger partial charge in [-0.05, 0) is 0 Å². The average Bonchev–Trinajstić information content (AvgIpc) is 2.77. The molecule has 0 rings (SSSR count). The van der Waals surface area contributed by atoms with E-state index in [-0.39, 0.29) is 24.4 Å². The number of ether oxygens (including phenoxy) is 2. The number of esters is 2. The number of carbonyl (C=O) groups excluding carboxylic acids is 4. The van der Waals surface area contributed by atoms with E-state index in [1.54, 1.807) is 0 Å². The summed E-state index contributed by atoms with van der Waals surface area (Å²) in [6.07, 6.45) is 2.22. The molecule has 0 bridgehead atoms. The molecule has 0 saturated heterocycles. The van der Waals surface area contributed by atoms with Crippen molar-refractivity contribution in [2.45, 2.75) is 88.3 Å². The van der Waals surface area contributed by atoms with E-state index in [0.29, 0.717) is 34.3 Å². The van der Waals surface area contributed by atoms with Gasteiger partial charge in [0, 0.05) is 0 Å². The fraction of sp³-hybridized carbons (Fsp3) is 0.833. The zero-order valence-electron chi connectivity index (χ0n) is 21.8. The van der Waals surface area contributed by atoms with Gasteiger partial charge in [0.05, 0.1) is 0 Å². The second-order valence-electron chi connectivity index (χ2n) is 9.73. The Balaban J connectivity index is 5.59. The first kappa shape index (κ1) is 32.1. The third-order valence-corrected chi connectivity index (χ3v) is 14.5. The van der Waals surface area contributed by atoms with Crippen molar-refractivity contribution in [3.63, 3.8) is 0 Å². The van der Waals surface area contributed by atoms with Crippen molar-refractivity contribution >= 4 is 23.5 Å². The Morgan fingerprint density at radius 3 is 1.27 bits per heavy atom. The fourth-order valence-corrected chi connectivity index (χ4v) is 13.2. The number of ketones is 2. The molecule has 0 heterocycles. The number of methoxy groups -OCH3 is 2. The molecule has 0 N–H and O–H groups in total. The molecular formula is C24H44O8Zr. The fourth-order valence-electron chi connectivity index (χ4n) is 3.20. The quantitative estimate of drug-likeness (QED) is 0.177. The Morgan fingerprint density at radius 2 is 1.00 bits per heavy atom. The average molecular weight is 552 g/mol. The van der Waals surface area contributed by atoms with E-state index >= 15 is 0 Å². The minimum atomic E-state index is -3.71. The van der Waals surface area contributed by atoms with Gasteiger partial charge in [0.2, 0.25) is 0 Å². The van der Waals surface area contributed by atoms with Gasteiger partial charge in [0.25, 0.3) is 0 Å². The molecule has 0 saturated carbocycles. The van der Waals surface area contributed by atoms with Gasteiger partial charge in [0.1, 0.15) is 0 Å². The van der Waals surface area contributed by atoms with Crippen LogP contribution in [0.2, 0.25) is 8.26 Å². The van der Waals surface area contributed by atoms with Crippen LogP contribution in [0.1, 0.15) is 80.1 Å². The molecule has 0 aromatic heterocycles. The summed E-state index contributed by atoms with van der Waals surface area (Å²) in [4.78, 5) is 48.5. The number of hydrogen-bond acceptors (Lipinski definition) is 8. The second-order valence-corrected chi connectivity index (χ2v) is 18.1. The first-order chi connectivity index (χ1) is 15.3. The molecule has 33 heavy (non-hydrogen) atoms. The van der Waals surface area contributed by atoms with E-state index in [9.17, 15) is 19.2 Å². The second kappa shape index (κ2) is 15.2. The van der Waals surface area contributed by atoms with Crippen LogP contribution in [0.15, 0.2) is 0 Å². The summed E-state index contributed by atoms with van der Waals surface area (Å²) in [7, 11) is 2.54. The summed E-state index contributed by atoms with van der Waals surface area (Å²) >= 11 is -3.71. The van der Waals surface area contributed by atoms with Crippen LogP contribution in [0.4, 0.5) is 0 Å². The summed E-state index contributed by atoms with van der Waals surface area (Å²) < 4.78 is 23.4. The van der Waals surface area contributed by atoms with E-state index in [2.05, 4.69) is 9.47 Å². The topological polar surface area (TPSA) is 105 Å². The Kier molecular flexibility index (Phi) is 14.7. The number of Topliss-reactive ketones (excluding diaryl/α,β-unsaturated/α-hetero) is 2. The van der Waals surface area contributed by atoms with Crippen molar-refractivity contribution in [2.24, 2.45) is 10.8 Å². The van der Waals surface area contributed by atoms with Crippen molar-refractivity contribution in [3.05, 3.63) is 0 Å². The van der Waals surface area contributed by atoms with Crippen LogP contribution in [0.3, 0.4) is 0 Å². The van der Waals surface area contributed by atoms with Crippen LogP contribution >= 0.6 is 0 Å². The van der Waals surface area contributed by atoms with Crippen molar-refractivity contribution in [2.75, 3.05) is 27.4 Å². The normalized spacial score (nSPS) is 12.4. The molecule has 0 unspecified atom stereocenters. The molecule has 9 heteroatoms. The molecule has 0 aliphatic rings. The molecule has 0 aliphatic heterocycles. The van der Waals surface area contributed by atoms with Gasteiger partial charge in [0.15, 0.2) is 0 Å². The third-order valence-electron chi connectivity index (χ3n) is 5.98. The summed E-state index contributed by atoms with van der Waals surface area (Å²) in [5.74, 6) is -1.43. The monoisotopic (exact) mass is 550 g/mol. The van der Waals surface area contributed by atoms with Crippen LogP contribution in [0.5, 0.6) is 0 Å². The van der Waals surface area contributed by atoms with Gasteiger partial charge in [-0.1, -0.05) is 0 Å². The van der Waals surface area contributed by atoms with Gasteiger partial charge in [-0.15, -0.1) is 0 Å². The molecule has 0 radical (unpaired) electrons. The molecule has 0 aromatic carbocycles. The Hall–Kier alpha value is -0.917. The molecule has 0 atom stereocenters. The van der Waals surface area contributed by atoms with Crippen molar-refractivity contribution in [1.29, 1.82) is 0 Å². The molecule has 0 amide bonds. The van der Waals surface area contributed by atoms with Crippen LogP contribution in [0.25, 0.3) is 0 Å². The minimum absolute atomic E-state index is 0.172. The summed E-state index contributed by atoms with van der Waals surface area (Å²) in [5.41, 5.74) is -1.45. The van der Waals surface area contributed by atoms with Crippen LogP contribution in [-0.2, 0) is 55.4 Å². The Labute approximate surface area is 205 Å². The maximum atomic E-state index is 12.7. The molecule has 0 aliphatic carbocycles. The van der Waals surface area contributed by atoms with E-state index in [4.69, 9.17) is 5.63 Å². The third kappa shape index (κ3) is 11.9. The van der Waals surface area contributed by atoms with E-state index in [1.807, 2.05) is 41.5 Å². The number of carbonyl (C=O) groups is 4. The molecule has 0 fully saturated rings. The first-order valence-electron chi connectivity index (χ1n) is 11.8. The van der Waals surface area contributed by atoms with E-state index in [0.717, 1.165) is 12.8 Å². The van der Waals surface area contributed by atoms with Gasteiger partial charge >= 0.3 is 206 Å². The number of rotatable bonds is 18. The van der Waals surface area contributed by atoms with E-state index < -0.39 is 43.9 Å². The van der Waals surface area contributed by atoms with Crippen LogP contribution in [0, 0.1) is 10.8 Å². The van der Waals surface area contributed by atoms with Gasteiger partial charge in [-0.2, -0.15) is 0 Å². The Morgan fingerprint density at radius 1 is 0.667 bits per heavy atom. The SMILES string of the molecule is CCC[O][Zr]([CH2]CC(C)(C)C(=O)CC(=O)OC)([CH2]CC(C)(C)C(=O)CC(=O)OC)[O]CCC. The predicted molar refractivity (Wildman–Crippen MR) is 122 cm³/mol. The first-order valence-corrected chi connectivity index (χ1v) is 17.3. The molecule has 0 aromatic rings. The van der Waals surface area contributed by atoms with E-state index in [1.165, 1.54) is 14.2 Å². The predicted octanol–water partition coefficient (Wildman–Crippen LogP) is 4.76. The molecule has 0 spiro atoms. The summed E-state index contributed by atoms with van der Waals surface area (Å²) in [5, 5.41) is 0. The molecule has 8 nitrogen and oxygen atoms in total. The Bertz CT molecular complexity index is 601. The van der Waals surface area contributed by atoms with Gasteiger partial charge in [-0.3, -0.25) is 0 Å². The van der Waals surface area contributed by atoms with Crippen LogP contribution in [-0.4, -0.2) is 50.9 Å².